The third-order valence-electron chi connectivity index (χ3n) is 4.78. The number of piperidine rings is 1. The number of phenols is 1. The summed E-state index contributed by atoms with van der Waals surface area (Å²) < 4.78 is 3.06. The Morgan fingerprint density at radius 2 is 2.04 bits per heavy atom. The number of likely N-dealkylation sites (tertiary alicyclic amines) is 1. The number of phenolic OH excluding ortho intramolecular Hbond substituents is 1. The van der Waals surface area contributed by atoms with Gasteiger partial charge in [-0.15, -0.1) is 0 Å². The first-order valence-corrected chi connectivity index (χ1v) is 8.69. The van der Waals surface area contributed by atoms with E-state index in [9.17, 15) is 14.7 Å². The molecule has 1 saturated heterocycles. The lowest BCUT2D eigenvalue weighted by molar-refractivity contribution is -0.131. The number of nitrogens with zero attached hydrogens (tertiary/aromatic N) is 4. The highest BCUT2D eigenvalue weighted by Crippen LogP contribution is 2.25. The van der Waals surface area contributed by atoms with Crippen LogP contribution in [0.4, 0.5) is 0 Å². The molecule has 0 aliphatic carbocycles. The van der Waals surface area contributed by atoms with Crippen LogP contribution < -0.4 is 5.69 Å². The maximum absolute atomic E-state index is 12.6. The molecule has 0 saturated carbocycles. The van der Waals surface area contributed by atoms with Crippen LogP contribution in [0.3, 0.4) is 0 Å². The highest BCUT2D eigenvalue weighted by molar-refractivity contribution is 5.79. The highest BCUT2D eigenvalue weighted by atomic mass is 16.3. The van der Waals surface area contributed by atoms with E-state index in [-0.39, 0.29) is 23.3 Å². The Hall–Kier alpha value is -2.57. The second-order valence-corrected chi connectivity index (χ2v) is 6.53. The molecule has 1 unspecified atom stereocenters. The lowest BCUT2D eigenvalue weighted by Gasteiger charge is -2.32. The average molecular weight is 344 g/mol. The lowest BCUT2D eigenvalue weighted by Crippen LogP contribution is -2.40. The van der Waals surface area contributed by atoms with E-state index >= 15 is 0 Å². The van der Waals surface area contributed by atoms with E-state index < -0.39 is 0 Å². The van der Waals surface area contributed by atoms with Crippen LogP contribution in [0.2, 0.25) is 0 Å². The Morgan fingerprint density at radius 3 is 2.72 bits per heavy atom. The van der Waals surface area contributed by atoms with E-state index in [1.54, 1.807) is 35.9 Å². The van der Waals surface area contributed by atoms with Crippen LogP contribution >= 0.6 is 0 Å². The van der Waals surface area contributed by atoms with Crippen molar-refractivity contribution in [1.82, 2.24) is 19.2 Å². The van der Waals surface area contributed by atoms with Gasteiger partial charge in [0.05, 0.1) is 6.42 Å². The normalized spacial score (nSPS) is 17.7. The third kappa shape index (κ3) is 3.60. The van der Waals surface area contributed by atoms with Crippen molar-refractivity contribution in [3.63, 3.8) is 0 Å². The van der Waals surface area contributed by atoms with E-state index in [1.165, 1.54) is 4.68 Å². The summed E-state index contributed by atoms with van der Waals surface area (Å²) in [6.07, 6.45) is 2.15. The summed E-state index contributed by atoms with van der Waals surface area (Å²) in [5, 5.41) is 13.7. The fourth-order valence-electron chi connectivity index (χ4n) is 3.44. The van der Waals surface area contributed by atoms with E-state index in [4.69, 9.17) is 0 Å². The Labute approximate surface area is 146 Å². The van der Waals surface area contributed by atoms with Gasteiger partial charge in [-0.2, -0.15) is 5.10 Å². The molecule has 0 spiro atoms. The number of aromatic hydroxyl groups is 1. The SMILES string of the molecule is CCn1c(C2CCCN(C(=O)Cc3ccc(O)cc3)C2)nn(C)c1=O. The quantitative estimate of drug-likeness (QED) is 0.905. The van der Waals surface area contributed by atoms with Gasteiger partial charge in [0.2, 0.25) is 5.91 Å². The summed E-state index contributed by atoms with van der Waals surface area (Å²) in [7, 11) is 1.66. The summed E-state index contributed by atoms with van der Waals surface area (Å²) in [6, 6.07) is 6.72. The summed E-state index contributed by atoms with van der Waals surface area (Å²) in [5.41, 5.74) is 0.776. The van der Waals surface area contributed by atoms with Crippen LogP contribution in [0, 0.1) is 0 Å². The van der Waals surface area contributed by atoms with E-state index in [0.29, 0.717) is 19.5 Å². The molecule has 7 heteroatoms. The lowest BCUT2D eigenvalue weighted by atomic mass is 9.96. The zero-order valence-electron chi connectivity index (χ0n) is 14.7. The Balaban J connectivity index is 1.72. The Kier molecular flexibility index (Phi) is 4.92. The van der Waals surface area contributed by atoms with Crippen LogP contribution in [0.25, 0.3) is 0 Å². The van der Waals surface area contributed by atoms with E-state index in [1.807, 2.05) is 11.8 Å². The van der Waals surface area contributed by atoms with Crippen LogP contribution in [0.5, 0.6) is 5.75 Å². The molecular weight excluding hydrogens is 320 g/mol. The molecule has 1 fully saturated rings. The number of carbonyl (C=O) groups excluding carboxylic acids is 1. The second-order valence-electron chi connectivity index (χ2n) is 6.53. The van der Waals surface area contributed by atoms with Gasteiger partial charge in [-0.1, -0.05) is 12.1 Å². The molecule has 2 aromatic rings. The number of aromatic nitrogens is 3. The molecule has 0 bridgehead atoms. The zero-order valence-corrected chi connectivity index (χ0v) is 14.7. The summed E-state index contributed by atoms with van der Waals surface area (Å²) >= 11 is 0. The summed E-state index contributed by atoms with van der Waals surface area (Å²) in [4.78, 5) is 26.6. The van der Waals surface area contributed by atoms with Gasteiger partial charge in [0.25, 0.3) is 0 Å². The fraction of sp³-hybridized carbons (Fsp3) is 0.500. The first-order valence-electron chi connectivity index (χ1n) is 8.69. The predicted molar refractivity (Wildman–Crippen MR) is 93.5 cm³/mol. The standard InChI is InChI=1S/C18H24N4O3/c1-3-22-17(19-20(2)18(22)25)14-5-4-10-21(12-14)16(24)11-13-6-8-15(23)9-7-13/h6-9,14,23H,3-5,10-12H2,1-2H3. The molecule has 1 aliphatic rings. The number of benzene rings is 1. The van der Waals surface area contributed by atoms with Crippen LogP contribution in [-0.4, -0.2) is 43.4 Å². The van der Waals surface area contributed by atoms with Crippen molar-refractivity contribution in [1.29, 1.82) is 0 Å². The maximum Gasteiger partial charge on any atom is 0.345 e. The fourth-order valence-corrected chi connectivity index (χ4v) is 3.44. The average Bonchev–Trinajstić information content (AvgIpc) is 2.91. The van der Waals surface area contributed by atoms with Gasteiger partial charge in [0, 0.05) is 32.6 Å². The number of rotatable bonds is 4. The third-order valence-corrected chi connectivity index (χ3v) is 4.78. The molecular formula is C18H24N4O3. The van der Waals surface area contributed by atoms with Gasteiger partial charge in [0.1, 0.15) is 11.6 Å². The van der Waals surface area contributed by atoms with E-state index in [0.717, 1.165) is 30.8 Å². The minimum Gasteiger partial charge on any atom is -0.508 e. The highest BCUT2D eigenvalue weighted by Gasteiger charge is 2.28. The number of amides is 1. The summed E-state index contributed by atoms with van der Waals surface area (Å²) in [5.74, 6) is 1.13. The van der Waals surface area contributed by atoms with Crippen molar-refractivity contribution >= 4 is 5.91 Å². The van der Waals surface area contributed by atoms with Gasteiger partial charge in [-0.3, -0.25) is 9.36 Å². The van der Waals surface area contributed by atoms with Crippen molar-refractivity contribution in [2.24, 2.45) is 7.05 Å². The molecule has 134 valence electrons. The smallest absolute Gasteiger partial charge is 0.345 e. The van der Waals surface area contributed by atoms with Crippen LogP contribution in [0.15, 0.2) is 29.1 Å². The topological polar surface area (TPSA) is 80.4 Å². The van der Waals surface area contributed by atoms with Crippen molar-refractivity contribution in [2.75, 3.05) is 13.1 Å². The molecule has 1 aliphatic heterocycles. The zero-order chi connectivity index (χ0) is 18.0. The molecule has 1 aromatic heterocycles. The summed E-state index contributed by atoms with van der Waals surface area (Å²) in [6.45, 7) is 3.84. The van der Waals surface area contributed by atoms with Crippen molar-refractivity contribution < 1.29 is 9.90 Å². The molecule has 3 rings (SSSR count). The van der Waals surface area contributed by atoms with Crippen molar-refractivity contribution in [3.05, 3.63) is 46.1 Å². The molecule has 7 nitrogen and oxygen atoms in total. The molecule has 0 radical (unpaired) electrons. The molecule has 2 heterocycles. The minimum atomic E-state index is -0.106. The molecule has 1 N–H and O–H groups in total. The van der Waals surface area contributed by atoms with Crippen molar-refractivity contribution in [2.45, 2.75) is 38.6 Å². The Bertz CT molecular complexity index is 807. The first kappa shape index (κ1) is 17.3. The van der Waals surface area contributed by atoms with Crippen LogP contribution in [-0.2, 0) is 24.8 Å². The van der Waals surface area contributed by atoms with Gasteiger partial charge in [0.15, 0.2) is 0 Å². The minimum absolute atomic E-state index is 0.0664. The molecule has 1 amide bonds. The molecule has 1 atom stereocenters. The number of hydrogen-bond donors (Lipinski definition) is 1. The van der Waals surface area contributed by atoms with Gasteiger partial charge >= 0.3 is 5.69 Å². The number of aryl methyl sites for hydroxylation is 1. The maximum atomic E-state index is 12.6. The number of carbonyl (C=O) groups is 1. The van der Waals surface area contributed by atoms with Gasteiger partial charge in [-0.25, -0.2) is 9.48 Å². The Morgan fingerprint density at radius 1 is 1.32 bits per heavy atom. The molecule has 25 heavy (non-hydrogen) atoms. The van der Waals surface area contributed by atoms with Crippen LogP contribution in [0.1, 0.15) is 37.1 Å². The van der Waals surface area contributed by atoms with E-state index in [2.05, 4.69) is 5.10 Å². The second kappa shape index (κ2) is 7.13. The number of hydrogen-bond acceptors (Lipinski definition) is 4. The predicted octanol–water partition coefficient (Wildman–Crippen LogP) is 1.26. The largest absolute Gasteiger partial charge is 0.508 e. The van der Waals surface area contributed by atoms with Gasteiger partial charge < -0.3 is 10.0 Å². The van der Waals surface area contributed by atoms with Gasteiger partial charge in [-0.05, 0) is 37.5 Å². The molecule has 1 aromatic carbocycles. The van der Waals surface area contributed by atoms with Crippen molar-refractivity contribution in [3.8, 4) is 5.75 Å². The first-order chi connectivity index (χ1) is 12.0. The monoisotopic (exact) mass is 344 g/mol.